The fourth-order valence-corrected chi connectivity index (χ4v) is 2.44. The molecule has 0 aromatic heterocycles. The van der Waals surface area contributed by atoms with Crippen LogP contribution in [-0.4, -0.2) is 36.5 Å². The van der Waals surface area contributed by atoms with E-state index in [0.29, 0.717) is 12.3 Å². The lowest BCUT2D eigenvalue weighted by atomic mass is 10.2. The minimum Gasteiger partial charge on any atom is -0.493 e. The second-order valence-electron chi connectivity index (χ2n) is 6.22. The largest absolute Gasteiger partial charge is 0.493 e. The Labute approximate surface area is 154 Å². The van der Waals surface area contributed by atoms with Gasteiger partial charge in [0, 0.05) is 13.6 Å². The average molecular weight is 355 g/mol. The molecule has 1 atom stereocenters. The number of amides is 1. The predicted octanol–water partition coefficient (Wildman–Crippen LogP) is 3.35. The van der Waals surface area contributed by atoms with Crippen molar-refractivity contribution < 1.29 is 19.1 Å². The van der Waals surface area contributed by atoms with E-state index in [-0.39, 0.29) is 18.9 Å². The number of ether oxygens (including phenoxy) is 2. The Morgan fingerprint density at radius 2 is 1.69 bits per heavy atom. The zero-order valence-corrected chi connectivity index (χ0v) is 15.5. The molecule has 1 unspecified atom stereocenters. The molecule has 0 bridgehead atoms. The van der Waals surface area contributed by atoms with E-state index in [0.717, 1.165) is 11.1 Å². The van der Waals surface area contributed by atoms with E-state index in [4.69, 9.17) is 9.47 Å². The van der Waals surface area contributed by atoms with Gasteiger partial charge in [0.1, 0.15) is 5.75 Å². The summed E-state index contributed by atoms with van der Waals surface area (Å²) in [5, 5.41) is 0. The summed E-state index contributed by atoms with van der Waals surface area (Å²) in [6.45, 7) is 4.26. The molecule has 0 spiro atoms. The quantitative estimate of drug-likeness (QED) is 0.682. The monoisotopic (exact) mass is 355 g/mol. The number of aryl methyl sites for hydroxylation is 1. The Morgan fingerprint density at radius 1 is 1.04 bits per heavy atom. The topological polar surface area (TPSA) is 55.8 Å². The van der Waals surface area contributed by atoms with Crippen molar-refractivity contribution in [3.05, 3.63) is 65.7 Å². The van der Waals surface area contributed by atoms with Crippen molar-refractivity contribution in [1.29, 1.82) is 0 Å². The summed E-state index contributed by atoms with van der Waals surface area (Å²) in [7, 11) is 1.69. The molecule has 26 heavy (non-hydrogen) atoms. The van der Waals surface area contributed by atoms with Crippen LogP contribution in [0.25, 0.3) is 0 Å². The van der Waals surface area contributed by atoms with Gasteiger partial charge in [-0.3, -0.25) is 9.59 Å². The van der Waals surface area contributed by atoms with Gasteiger partial charge >= 0.3 is 5.97 Å². The predicted molar refractivity (Wildman–Crippen MR) is 99.8 cm³/mol. The van der Waals surface area contributed by atoms with Crippen LogP contribution >= 0.6 is 0 Å². The van der Waals surface area contributed by atoms with Gasteiger partial charge in [-0.1, -0.05) is 48.0 Å². The van der Waals surface area contributed by atoms with E-state index in [9.17, 15) is 9.59 Å². The molecule has 0 aliphatic carbocycles. The molecular formula is C21H25NO4. The van der Waals surface area contributed by atoms with E-state index in [2.05, 4.69) is 0 Å². The van der Waals surface area contributed by atoms with Gasteiger partial charge in [0.25, 0.3) is 5.91 Å². The van der Waals surface area contributed by atoms with Crippen LogP contribution in [0, 0.1) is 6.92 Å². The minimum absolute atomic E-state index is 0.0912. The number of nitrogens with zero attached hydrogens (tertiary/aromatic N) is 1. The molecule has 2 aromatic carbocycles. The zero-order valence-electron chi connectivity index (χ0n) is 15.5. The van der Waals surface area contributed by atoms with Gasteiger partial charge in [-0.25, -0.2) is 0 Å². The lowest BCUT2D eigenvalue weighted by Gasteiger charge is -2.21. The molecule has 0 aliphatic rings. The summed E-state index contributed by atoms with van der Waals surface area (Å²) >= 11 is 0. The highest BCUT2D eigenvalue weighted by Gasteiger charge is 2.21. The van der Waals surface area contributed by atoms with Gasteiger partial charge in [0.15, 0.2) is 6.10 Å². The molecule has 5 nitrogen and oxygen atoms in total. The second-order valence-corrected chi connectivity index (χ2v) is 6.22. The first-order valence-corrected chi connectivity index (χ1v) is 8.63. The number of carbonyl (C=O) groups excluding carboxylic acids is 2. The van der Waals surface area contributed by atoms with Gasteiger partial charge in [-0.2, -0.15) is 0 Å². The maximum absolute atomic E-state index is 12.3. The van der Waals surface area contributed by atoms with Crippen molar-refractivity contribution >= 4 is 11.9 Å². The third-order valence-corrected chi connectivity index (χ3v) is 3.89. The summed E-state index contributed by atoms with van der Waals surface area (Å²) in [6.07, 6.45) is -0.732. The second kappa shape index (κ2) is 9.61. The highest BCUT2D eigenvalue weighted by molar-refractivity contribution is 5.83. The Balaban J connectivity index is 1.73. The van der Waals surface area contributed by atoms with Crippen molar-refractivity contribution in [2.24, 2.45) is 0 Å². The van der Waals surface area contributed by atoms with E-state index in [1.165, 1.54) is 0 Å². The first-order valence-electron chi connectivity index (χ1n) is 8.63. The molecule has 1 amide bonds. The molecule has 0 radical (unpaired) electrons. The normalized spacial score (nSPS) is 11.5. The molecule has 0 N–H and O–H groups in total. The smallest absolute Gasteiger partial charge is 0.310 e. The molecule has 138 valence electrons. The molecule has 0 heterocycles. The van der Waals surface area contributed by atoms with Gasteiger partial charge < -0.3 is 14.4 Å². The van der Waals surface area contributed by atoms with Crippen LogP contribution in [-0.2, 0) is 20.9 Å². The summed E-state index contributed by atoms with van der Waals surface area (Å²) in [6, 6.07) is 17.3. The number of rotatable bonds is 8. The van der Waals surface area contributed by atoms with Gasteiger partial charge in [-0.05, 0) is 31.5 Å². The molecule has 0 saturated heterocycles. The van der Waals surface area contributed by atoms with Crippen LogP contribution in [0.5, 0.6) is 5.75 Å². The molecular weight excluding hydrogens is 330 g/mol. The van der Waals surface area contributed by atoms with E-state index < -0.39 is 12.1 Å². The fourth-order valence-electron chi connectivity index (χ4n) is 2.44. The Morgan fingerprint density at radius 3 is 2.35 bits per heavy atom. The van der Waals surface area contributed by atoms with Crippen molar-refractivity contribution in [3.8, 4) is 5.75 Å². The average Bonchev–Trinajstić information content (AvgIpc) is 2.63. The Bertz CT molecular complexity index is 713. The lowest BCUT2D eigenvalue weighted by molar-refractivity contribution is -0.159. The molecule has 0 aliphatic heterocycles. The van der Waals surface area contributed by atoms with Crippen LogP contribution in [0.4, 0.5) is 0 Å². The number of likely N-dealkylation sites (N-methyl/N-ethyl adjacent to an activating group) is 1. The summed E-state index contributed by atoms with van der Waals surface area (Å²) in [5.41, 5.74) is 2.16. The number of carbonyl (C=O) groups is 2. The van der Waals surface area contributed by atoms with Crippen molar-refractivity contribution in [3.63, 3.8) is 0 Å². The van der Waals surface area contributed by atoms with Gasteiger partial charge in [0.2, 0.25) is 0 Å². The third kappa shape index (κ3) is 6.24. The van der Waals surface area contributed by atoms with Crippen LogP contribution in [0.15, 0.2) is 54.6 Å². The van der Waals surface area contributed by atoms with E-state index in [1.807, 2.05) is 61.5 Å². The number of esters is 1. The van der Waals surface area contributed by atoms with Crippen LogP contribution < -0.4 is 4.74 Å². The maximum atomic E-state index is 12.3. The number of hydrogen-bond donors (Lipinski definition) is 0. The Kier molecular flexibility index (Phi) is 7.21. The highest BCUT2D eigenvalue weighted by Crippen LogP contribution is 2.12. The number of hydrogen-bond acceptors (Lipinski definition) is 4. The highest BCUT2D eigenvalue weighted by atomic mass is 16.5. The first-order chi connectivity index (χ1) is 12.5. The van der Waals surface area contributed by atoms with Crippen LogP contribution in [0.1, 0.15) is 24.5 Å². The van der Waals surface area contributed by atoms with Crippen LogP contribution in [0.2, 0.25) is 0 Å². The van der Waals surface area contributed by atoms with Crippen LogP contribution in [0.3, 0.4) is 0 Å². The zero-order chi connectivity index (χ0) is 18.9. The minimum atomic E-state index is -0.824. The van der Waals surface area contributed by atoms with Gasteiger partial charge in [0.05, 0.1) is 13.0 Å². The van der Waals surface area contributed by atoms with Crippen molar-refractivity contribution in [2.75, 3.05) is 13.7 Å². The van der Waals surface area contributed by atoms with Crippen molar-refractivity contribution in [1.82, 2.24) is 4.90 Å². The summed E-state index contributed by atoms with van der Waals surface area (Å²) in [4.78, 5) is 25.8. The third-order valence-electron chi connectivity index (χ3n) is 3.89. The summed E-state index contributed by atoms with van der Waals surface area (Å²) in [5.74, 6) is 0.0165. The molecule has 0 saturated carbocycles. The number of benzene rings is 2. The SMILES string of the molecule is Cc1ccc(OCCC(=O)OC(C)C(=O)N(C)Cc2ccccc2)cc1. The van der Waals surface area contributed by atoms with E-state index in [1.54, 1.807) is 18.9 Å². The molecule has 0 fully saturated rings. The standard InChI is InChI=1S/C21H25NO4/c1-16-9-11-19(12-10-16)25-14-13-20(23)26-17(2)21(24)22(3)15-18-7-5-4-6-8-18/h4-12,17H,13-15H2,1-3H3. The van der Waals surface area contributed by atoms with E-state index >= 15 is 0 Å². The lowest BCUT2D eigenvalue weighted by Crippen LogP contribution is -2.37. The summed E-state index contributed by atoms with van der Waals surface area (Å²) < 4.78 is 10.7. The maximum Gasteiger partial charge on any atom is 0.310 e. The molecule has 2 aromatic rings. The first kappa shape index (κ1) is 19.5. The Hall–Kier alpha value is -2.82. The molecule has 5 heteroatoms. The van der Waals surface area contributed by atoms with Crippen molar-refractivity contribution in [2.45, 2.75) is 32.9 Å². The molecule has 2 rings (SSSR count). The fraction of sp³-hybridized carbons (Fsp3) is 0.333. The van der Waals surface area contributed by atoms with Gasteiger partial charge in [-0.15, -0.1) is 0 Å².